The first-order valence-electron chi connectivity index (χ1n) is 10.3. The highest BCUT2D eigenvalue weighted by Gasteiger charge is 2.33. The zero-order chi connectivity index (χ0) is 20.7. The Morgan fingerprint density at radius 1 is 1.33 bits per heavy atom. The molecule has 0 bridgehead atoms. The molecule has 2 unspecified atom stereocenters. The van der Waals surface area contributed by atoms with Gasteiger partial charge in [0, 0.05) is 0 Å². The summed E-state index contributed by atoms with van der Waals surface area (Å²) in [7, 11) is 0. The summed E-state index contributed by atoms with van der Waals surface area (Å²) in [6.45, 7) is 19.5. The van der Waals surface area contributed by atoms with Crippen LogP contribution in [0, 0.1) is 16.7 Å². The van der Waals surface area contributed by atoms with Crippen LogP contribution < -0.4 is 0 Å². The molecule has 0 N–H and O–H groups in total. The van der Waals surface area contributed by atoms with Gasteiger partial charge in [-0.05, 0) is 75.7 Å². The lowest BCUT2D eigenvalue weighted by Gasteiger charge is -2.29. The van der Waals surface area contributed by atoms with E-state index in [0.717, 1.165) is 31.3 Å². The van der Waals surface area contributed by atoms with Gasteiger partial charge in [0.2, 0.25) is 0 Å². The van der Waals surface area contributed by atoms with Crippen molar-refractivity contribution in [1.82, 2.24) is 0 Å². The van der Waals surface area contributed by atoms with Crippen LogP contribution in [-0.2, 0) is 9.53 Å². The summed E-state index contributed by atoms with van der Waals surface area (Å²) < 4.78 is 5.53. The molecule has 0 fully saturated rings. The van der Waals surface area contributed by atoms with Crippen LogP contribution in [0.25, 0.3) is 0 Å². The van der Waals surface area contributed by atoms with Crippen LogP contribution in [0.15, 0.2) is 47.6 Å². The van der Waals surface area contributed by atoms with E-state index in [1.807, 2.05) is 6.08 Å². The van der Waals surface area contributed by atoms with Gasteiger partial charge in [-0.2, -0.15) is 0 Å². The van der Waals surface area contributed by atoms with Crippen molar-refractivity contribution in [2.45, 2.75) is 80.6 Å². The molecule has 2 atom stereocenters. The van der Waals surface area contributed by atoms with Crippen LogP contribution in [0.2, 0.25) is 0 Å². The van der Waals surface area contributed by atoms with E-state index in [9.17, 15) is 4.79 Å². The van der Waals surface area contributed by atoms with Gasteiger partial charge in [-0.1, -0.05) is 56.2 Å². The topological polar surface area (TPSA) is 26.3 Å². The Hall–Kier alpha value is -1.57. The van der Waals surface area contributed by atoms with Crippen LogP contribution in [0.4, 0.5) is 0 Å². The van der Waals surface area contributed by atoms with Crippen molar-refractivity contribution in [2.24, 2.45) is 16.7 Å². The Kier molecular flexibility index (Phi) is 8.78. The molecule has 0 radical (unpaired) electrons. The average molecular weight is 373 g/mol. The quantitative estimate of drug-likeness (QED) is 0.300. The molecule has 0 aromatic heterocycles. The normalized spacial score (nSPS) is 21.2. The first-order chi connectivity index (χ1) is 12.5. The Labute approximate surface area is 167 Å². The van der Waals surface area contributed by atoms with E-state index in [0.29, 0.717) is 18.9 Å². The Bertz CT molecular complexity index is 614. The van der Waals surface area contributed by atoms with Crippen LogP contribution in [-0.4, -0.2) is 12.6 Å². The molecule has 2 nitrogen and oxygen atoms in total. The lowest BCUT2D eigenvalue weighted by atomic mass is 9.76. The van der Waals surface area contributed by atoms with Crippen molar-refractivity contribution in [3.63, 3.8) is 0 Å². The predicted octanol–water partition coefficient (Wildman–Crippen LogP) is 7.19. The third-order valence-corrected chi connectivity index (χ3v) is 6.27. The van der Waals surface area contributed by atoms with Crippen molar-refractivity contribution in [2.75, 3.05) is 6.61 Å². The fraction of sp³-hybridized carbons (Fsp3) is 0.640. The van der Waals surface area contributed by atoms with E-state index < -0.39 is 0 Å². The first-order valence-corrected chi connectivity index (χ1v) is 10.3. The second-order valence-corrected chi connectivity index (χ2v) is 9.34. The summed E-state index contributed by atoms with van der Waals surface area (Å²) in [4.78, 5) is 12.3. The predicted molar refractivity (Wildman–Crippen MR) is 117 cm³/mol. The van der Waals surface area contributed by atoms with Crippen LogP contribution >= 0.6 is 0 Å². The minimum absolute atomic E-state index is 0.138. The average Bonchev–Trinajstić information content (AvgIpc) is 2.83. The van der Waals surface area contributed by atoms with Crippen LogP contribution in [0.5, 0.6) is 0 Å². The summed E-state index contributed by atoms with van der Waals surface area (Å²) >= 11 is 0. The maximum absolute atomic E-state index is 12.3. The first kappa shape index (κ1) is 23.5. The standard InChI is InChI=1S/C25H40O2/c1-9-25(8,16-10-11-19(2)3)17-23(26)27-18-20(4)12-14-22-15-13-21(5)24(22,6)7/h9,11-13,22H,1,10,14-18H2,2-8H3. The number of hydrogen-bond acceptors (Lipinski definition) is 2. The highest BCUT2D eigenvalue weighted by atomic mass is 16.5. The SMILES string of the molecule is C=CC(C)(CCC=C(C)C)CC(=O)OCC(C)=CCC1CC=C(C)C1(C)C. The third kappa shape index (κ3) is 7.52. The minimum atomic E-state index is -0.211. The van der Waals surface area contributed by atoms with Gasteiger partial charge in [0.25, 0.3) is 0 Å². The Morgan fingerprint density at radius 3 is 2.52 bits per heavy atom. The van der Waals surface area contributed by atoms with E-state index in [-0.39, 0.29) is 16.8 Å². The van der Waals surface area contributed by atoms with E-state index >= 15 is 0 Å². The monoisotopic (exact) mass is 372 g/mol. The number of rotatable bonds is 10. The zero-order valence-corrected chi connectivity index (χ0v) is 18.7. The number of hydrogen-bond donors (Lipinski definition) is 0. The maximum Gasteiger partial charge on any atom is 0.306 e. The van der Waals surface area contributed by atoms with Gasteiger partial charge < -0.3 is 4.74 Å². The van der Waals surface area contributed by atoms with Crippen molar-refractivity contribution in [1.29, 1.82) is 0 Å². The molecule has 0 spiro atoms. The summed E-state index contributed by atoms with van der Waals surface area (Å²) in [5, 5.41) is 0. The molecular formula is C25H40O2. The number of ether oxygens (including phenoxy) is 1. The lowest BCUT2D eigenvalue weighted by molar-refractivity contribution is -0.144. The van der Waals surface area contributed by atoms with Gasteiger partial charge in [0.1, 0.15) is 6.61 Å². The van der Waals surface area contributed by atoms with Crippen molar-refractivity contribution in [3.05, 3.63) is 47.6 Å². The fourth-order valence-corrected chi connectivity index (χ4v) is 3.52. The Balaban J connectivity index is 2.46. The van der Waals surface area contributed by atoms with Crippen molar-refractivity contribution >= 4 is 5.97 Å². The minimum Gasteiger partial charge on any atom is -0.461 e. The molecule has 1 rings (SSSR count). The van der Waals surface area contributed by atoms with Crippen LogP contribution in [0.1, 0.15) is 80.6 Å². The molecule has 0 aromatic rings. The molecule has 0 aliphatic heterocycles. The third-order valence-electron chi connectivity index (χ3n) is 6.27. The molecule has 152 valence electrons. The molecule has 0 amide bonds. The molecule has 27 heavy (non-hydrogen) atoms. The molecule has 0 aromatic carbocycles. The van der Waals surface area contributed by atoms with E-state index in [1.54, 1.807) is 0 Å². The largest absolute Gasteiger partial charge is 0.461 e. The number of carbonyl (C=O) groups is 1. The van der Waals surface area contributed by atoms with Gasteiger partial charge in [0.05, 0.1) is 6.42 Å². The van der Waals surface area contributed by atoms with E-state index in [4.69, 9.17) is 4.74 Å². The van der Waals surface area contributed by atoms with Gasteiger partial charge in [-0.15, -0.1) is 6.58 Å². The Morgan fingerprint density at radius 2 is 2.00 bits per heavy atom. The van der Waals surface area contributed by atoms with Crippen molar-refractivity contribution in [3.8, 4) is 0 Å². The second kappa shape index (κ2) is 10.1. The second-order valence-electron chi connectivity index (χ2n) is 9.34. The number of carbonyl (C=O) groups excluding carboxylic acids is 1. The molecule has 0 saturated heterocycles. The lowest BCUT2D eigenvalue weighted by Crippen LogP contribution is -2.21. The smallest absolute Gasteiger partial charge is 0.306 e. The maximum atomic E-state index is 12.3. The van der Waals surface area contributed by atoms with E-state index in [1.165, 1.54) is 11.1 Å². The molecule has 0 saturated carbocycles. The van der Waals surface area contributed by atoms with Crippen LogP contribution in [0.3, 0.4) is 0 Å². The summed E-state index contributed by atoms with van der Waals surface area (Å²) in [5.74, 6) is 0.503. The van der Waals surface area contributed by atoms with Gasteiger partial charge in [-0.3, -0.25) is 4.79 Å². The highest BCUT2D eigenvalue weighted by molar-refractivity contribution is 5.70. The fourth-order valence-electron chi connectivity index (χ4n) is 3.52. The summed E-state index contributed by atoms with van der Waals surface area (Å²) in [5.41, 5.74) is 3.98. The van der Waals surface area contributed by atoms with Gasteiger partial charge in [0.15, 0.2) is 0 Å². The van der Waals surface area contributed by atoms with Crippen molar-refractivity contribution < 1.29 is 9.53 Å². The van der Waals surface area contributed by atoms with E-state index in [2.05, 4.69) is 73.3 Å². The summed E-state index contributed by atoms with van der Waals surface area (Å²) in [6.07, 6.45) is 13.2. The van der Waals surface area contributed by atoms with Gasteiger partial charge >= 0.3 is 5.97 Å². The summed E-state index contributed by atoms with van der Waals surface area (Å²) in [6, 6.07) is 0. The molecule has 0 heterocycles. The zero-order valence-electron chi connectivity index (χ0n) is 18.7. The molecular weight excluding hydrogens is 332 g/mol. The molecule has 1 aliphatic rings. The molecule has 1 aliphatic carbocycles. The van der Waals surface area contributed by atoms with Gasteiger partial charge in [-0.25, -0.2) is 0 Å². The highest BCUT2D eigenvalue weighted by Crippen LogP contribution is 2.44. The number of esters is 1. The molecule has 2 heteroatoms. The number of allylic oxidation sites excluding steroid dienone is 6.